The summed E-state index contributed by atoms with van der Waals surface area (Å²) in [6.45, 7) is 3.90. The molecule has 0 saturated carbocycles. The Labute approximate surface area is 66.7 Å². The monoisotopic (exact) mass is 157 g/mol. The van der Waals surface area contributed by atoms with Gasteiger partial charge in [-0.15, -0.1) is 0 Å². The molecule has 0 aromatic rings. The quantitative estimate of drug-likeness (QED) is 0.440. The molecule has 0 heterocycles. The fraction of sp³-hybridized carbons (Fsp3) is 0.714. The van der Waals surface area contributed by atoms with Crippen molar-refractivity contribution < 1.29 is 4.79 Å². The number of hydrogen-bond acceptors (Lipinski definition) is 2. The van der Waals surface area contributed by atoms with E-state index in [-0.39, 0.29) is 17.7 Å². The van der Waals surface area contributed by atoms with Crippen LogP contribution >= 0.6 is 0 Å². The van der Waals surface area contributed by atoms with Gasteiger partial charge in [-0.1, -0.05) is 6.92 Å². The van der Waals surface area contributed by atoms with Crippen molar-refractivity contribution in [3.63, 3.8) is 0 Å². The summed E-state index contributed by atoms with van der Waals surface area (Å²) in [6, 6.07) is 0. The van der Waals surface area contributed by atoms with E-state index in [1.165, 1.54) is 0 Å². The van der Waals surface area contributed by atoms with Gasteiger partial charge in [0.05, 0.1) is 6.54 Å². The maximum atomic E-state index is 10.8. The number of nitrogens with zero attached hydrogens (tertiary/aromatic N) is 1. The molecule has 4 heteroatoms. The van der Waals surface area contributed by atoms with Gasteiger partial charge in [0.1, 0.15) is 5.78 Å². The van der Waals surface area contributed by atoms with Crippen molar-refractivity contribution in [1.82, 2.24) is 0 Å². The average molecular weight is 157 g/mol. The second-order valence-electron chi connectivity index (χ2n) is 2.48. The third-order valence-electron chi connectivity index (χ3n) is 1.56. The normalized spacial score (nSPS) is 12.2. The van der Waals surface area contributed by atoms with Gasteiger partial charge >= 0.3 is 0 Å². The molecule has 0 saturated heterocycles. The van der Waals surface area contributed by atoms with E-state index < -0.39 is 0 Å². The number of guanidine groups is 1. The van der Waals surface area contributed by atoms with Gasteiger partial charge in [-0.2, -0.15) is 0 Å². The lowest BCUT2D eigenvalue weighted by atomic mass is 10.0. The number of rotatable bonds is 4. The van der Waals surface area contributed by atoms with E-state index in [1.54, 1.807) is 6.92 Å². The number of carbonyl (C=O) groups excluding carboxylic acids is 1. The molecular weight excluding hydrogens is 142 g/mol. The highest BCUT2D eigenvalue weighted by atomic mass is 16.1. The van der Waals surface area contributed by atoms with Gasteiger partial charge in [-0.05, 0) is 13.3 Å². The van der Waals surface area contributed by atoms with Crippen molar-refractivity contribution in [2.45, 2.75) is 20.3 Å². The molecule has 0 bridgehead atoms. The van der Waals surface area contributed by atoms with Crippen molar-refractivity contribution in [3.05, 3.63) is 0 Å². The van der Waals surface area contributed by atoms with Gasteiger partial charge in [0, 0.05) is 5.92 Å². The van der Waals surface area contributed by atoms with E-state index in [9.17, 15) is 4.79 Å². The van der Waals surface area contributed by atoms with Crippen LogP contribution in [0.1, 0.15) is 20.3 Å². The molecule has 0 rings (SSSR count). The smallest absolute Gasteiger partial charge is 0.185 e. The second-order valence-corrected chi connectivity index (χ2v) is 2.48. The van der Waals surface area contributed by atoms with Gasteiger partial charge in [0.2, 0.25) is 0 Å². The Morgan fingerprint density at radius 2 is 2.09 bits per heavy atom. The Bertz CT molecular complexity index is 161. The highest BCUT2D eigenvalue weighted by molar-refractivity contribution is 5.79. The minimum absolute atomic E-state index is 0.0305. The number of ketones is 1. The molecule has 4 nitrogen and oxygen atoms in total. The molecule has 0 aliphatic carbocycles. The summed E-state index contributed by atoms with van der Waals surface area (Å²) in [7, 11) is 0. The number of hydrogen-bond donors (Lipinski definition) is 2. The number of Topliss-reactive ketones (excluding diaryl/α,β-unsaturated/α-hetero) is 1. The topological polar surface area (TPSA) is 81.5 Å². The lowest BCUT2D eigenvalue weighted by Crippen LogP contribution is -2.25. The molecule has 0 aromatic heterocycles. The zero-order chi connectivity index (χ0) is 8.85. The molecule has 0 aromatic carbocycles. The van der Waals surface area contributed by atoms with Crippen LogP contribution in [0.25, 0.3) is 0 Å². The van der Waals surface area contributed by atoms with Crippen molar-refractivity contribution in [3.8, 4) is 0 Å². The first kappa shape index (κ1) is 9.94. The van der Waals surface area contributed by atoms with E-state index in [2.05, 4.69) is 4.99 Å². The minimum atomic E-state index is -0.0305. The molecule has 0 amide bonds. The third kappa shape index (κ3) is 4.36. The van der Waals surface area contributed by atoms with E-state index in [0.29, 0.717) is 6.54 Å². The van der Waals surface area contributed by atoms with E-state index in [4.69, 9.17) is 11.5 Å². The summed E-state index contributed by atoms with van der Waals surface area (Å²) in [5.74, 6) is 0.152. The average Bonchev–Trinajstić information content (AvgIpc) is 1.87. The fourth-order valence-corrected chi connectivity index (χ4v) is 0.761. The zero-order valence-electron chi connectivity index (χ0n) is 7.00. The summed E-state index contributed by atoms with van der Waals surface area (Å²) in [4.78, 5) is 14.6. The summed E-state index contributed by atoms with van der Waals surface area (Å²) < 4.78 is 0. The predicted molar refractivity (Wildman–Crippen MR) is 45.1 cm³/mol. The van der Waals surface area contributed by atoms with Gasteiger partial charge < -0.3 is 11.5 Å². The molecule has 11 heavy (non-hydrogen) atoms. The Balaban J connectivity index is 3.89. The molecule has 64 valence electrons. The first-order valence-corrected chi connectivity index (χ1v) is 3.63. The van der Waals surface area contributed by atoms with E-state index in [1.807, 2.05) is 6.92 Å². The van der Waals surface area contributed by atoms with Crippen LogP contribution in [0.4, 0.5) is 0 Å². The van der Waals surface area contributed by atoms with Crippen molar-refractivity contribution in [1.29, 1.82) is 0 Å². The highest BCUT2D eigenvalue weighted by Crippen LogP contribution is 2.03. The summed E-state index contributed by atoms with van der Waals surface area (Å²) >= 11 is 0. The van der Waals surface area contributed by atoms with E-state index in [0.717, 1.165) is 6.42 Å². The zero-order valence-corrected chi connectivity index (χ0v) is 7.00. The van der Waals surface area contributed by atoms with Crippen molar-refractivity contribution >= 4 is 11.7 Å². The first-order valence-electron chi connectivity index (χ1n) is 3.63. The summed E-state index contributed by atoms with van der Waals surface area (Å²) in [6.07, 6.45) is 0.784. The molecule has 0 radical (unpaired) electrons. The van der Waals surface area contributed by atoms with Crippen LogP contribution in [0, 0.1) is 5.92 Å². The minimum Gasteiger partial charge on any atom is -0.370 e. The third-order valence-corrected chi connectivity index (χ3v) is 1.56. The summed E-state index contributed by atoms with van der Waals surface area (Å²) in [5, 5.41) is 0. The van der Waals surface area contributed by atoms with Crippen LogP contribution in [0.15, 0.2) is 4.99 Å². The SMILES string of the molecule is CCC(CN=C(N)N)C(C)=O. The Morgan fingerprint density at radius 1 is 1.55 bits per heavy atom. The van der Waals surface area contributed by atoms with Crippen LogP contribution < -0.4 is 11.5 Å². The van der Waals surface area contributed by atoms with Crippen LogP contribution in [-0.4, -0.2) is 18.3 Å². The number of nitrogens with two attached hydrogens (primary N) is 2. The molecule has 0 aliphatic heterocycles. The van der Waals surface area contributed by atoms with Crippen molar-refractivity contribution in [2.24, 2.45) is 22.4 Å². The Morgan fingerprint density at radius 3 is 2.36 bits per heavy atom. The molecule has 0 aliphatic rings. The highest BCUT2D eigenvalue weighted by Gasteiger charge is 2.09. The standard InChI is InChI=1S/C7H15N3O/c1-3-6(5(2)11)4-10-7(8)9/h6H,3-4H2,1-2H3,(H4,8,9,10). The predicted octanol–water partition coefficient (Wildman–Crippen LogP) is -0.125. The van der Waals surface area contributed by atoms with E-state index >= 15 is 0 Å². The Kier molecular flexibility index (Phi) is 4.26. The largest absolute Gasteiger partial charge is 0.370 e. The molecular formula is C7H15N3O. The maximum Gasteiger partial charge on any atom is 0.185 e. The van der Waals surface area contributed by atoms with Crippen LogP contribution in [-0.2, 0) is 4.79 Å². The van der Waals surface area contributed by atoms with Gasteiger partial charge in [-0.25, -0.2) is 0 Å². The van der Waals surface area contributed by atoms with Gasteiger partial charge in [0.15, 0.2) is 5.96 Å². The lowest BCUT2D eigenvalue weighted by molar-refractivity contribution is -0.120. The lowest BCUT2D eigenvalue weighted by Gasteiger charge is -2.06. The molecule has 1 atom stereocenters. The number of carbonyl (C=O) groups is 1. The molecule has 4 N–H and O–H groups in total. The van der Waals surface area contributed by atoms with Crippen LogP contribution in [0.3, 0.4) is 0 Å². The maximum absolute atomic E-state index is 10.8. The molecule has 1 unspecified atom stereocenters. The molecule has 0 fully saturated rings. The number of aliphatic imine (C=N–C) groups is 1. The van der Waals surface area contributed by atoms with Gasteiger partial charge in [-0.3, -0.25) is 9.79 Å². The second kappa shape index (κ2) is 4.71. The fourth-order valence-electron chi connectivity index (χ4n) is 0.761. The van der Waals surface area contributed by atoms with Gasteiger partial charge in [0.25, 0.3) is 0 Å². The van der Waals surface area contributed by atoms with Crippen LogP contribution in [0.2, 0.25) is 0 Å². The van der Waals surface area contributed by atoms with Crippen LogP contribution in [0.5, 0.6) is 0 Å². The van der Waals surface area contributed by atoms with Crippen molar-refractivity contribution in [2.75, 3.05) is 6.54 Å². The Hall–Kier alpha value is -1.06. The first-order chi connectivity index (χ1) is 5.07. The summed E-state index contributed by atoms with van der Waals surface area (Å²) in [5.41, 5.74) is 10.2. The molecule has 0 spiro atoms.